The zero-order valence-electron chi connectivity index (χ0n) is 13.6. The van der Waals surface area contributed by atoms with E-state index in [9.17, 15) is 10.1 Å². The van der Waals surface area contributed by atoms with E-state index in [0.29, 0.717) is 0 Å². The Morgan fingerprint density at radius 3 is 2.43 bits per heavy atom. The van der Waals surface area contributed by atoms with Crippen molar-refractivity contribution in [2.24, 2.45) is 0 Å². The number of aryl methyl sites for hydroxylation is 2. The van der Waals surface area contributed by atoms with Crippen LogP contribution in [-0.4, -0.2) is 5.91 Å². The highest BCUT2D eigenvalue weighted by Crippen LogP contribution is 2.15. The van der Waals surface area contributed by atoms with Gasteiger partial charge in [-0.3, -0.25) is 4.79 Å². The number of nitriles is 1. The second-order valence-electron chi connectivity index (χ2n) is 5.62. The summed E-state index contributed by atoms with van der Waals surface area (Å²) >= 11 is 0. The van der Waals surface area contributed by atoms with Crippen LogP contribution >= 0.6 is 0 Å². The van der Waals surface area contributed by atoms with Gasteiger partial charge in [0.15, 0.2) is 0 Å². The van der Waals surface area contributed by atoms with E-state index in [1.807, 2.05) is 75.4 Å². The smallest absolute Gasteiger partial charge is 0.262 e. The molecule has 23 heavy (non-hydrogen) atoms. The molecular formula is C20H20N2O. The number of nitrogens with one attached hydrogen (secondary N) is 1. The Balaban J connectivity index is 2.17. The van der Waals surface area contributed by atoms with Crippen molar-refractivity contribution in [1.82, 2.24) is 5.32 Å². The third-order valence-corrected chi connectivity index (χ3v) is 3.85. The van der Waals surface area contributed by atoms with Crippen molar-refractivity contribution in [2.75, 3.05) is 0 Å². The van der Waals surface area contributed by atoms with Gasteiger partial charge >= 0.3 is 0 Å². The first kappa shape index (κ1) is 16.5. The second kappa shape index (κ2) is 7.42. The van der Waals surface area contributed by atoms with Gasteiger partial charge in [-0.25, -0.2) is 0 Å². The van der Waals surface area contributed by atoms with Gasteiger partial charge in [-0.1, -0.05) is 48.5 Å². The molecule has 1 atom stereocenters. The minimum Gasteiger partial charge on any atom is -0.345 e. The van der Waals surface area contributed by atoms with E-state index >= 15 is 0 Å². The van der Waals surface area contributed by atoms with Gasteiger partial charge in [-0.2, -0.15) is 5.26 Å². The summed E-state index contributed by atoms with van der Waals surface area (Å²) in [5, 5.41) is 12.1. The lowest BCUT2D eigenvalue weighted by Gasteiger charge is -2.13. The lowest BCUT2D eigenvalue weighted by atomic mass is 10.0. The van der Waals surface area contributed by atoms with Crippen LogP contribution in [0.25, 0.3) is 6.08 Å². The highest BCUT2D eigenvalue weighted by atomic mass is 16.1. The molecule has 0 aliphatic rings. The summed E-state index contributed by atoms with van der Waals surface area (Å²) in [4.78, 5) is 12.3. The van der Waals surface area contributed by atoms with Crippen LogP contribution in [0, 0.1) is 25.2 Å². The molecule has 3 nitrogen and oxygen atoms in total. The molecule has 2 aromatic carbocycles. The molecule has 1 amide bonds. The molecule has 3 heteroatoms. The summed E-state index contributed by atoms with van der Waals surface area (Å²) in [6.45, 7) is 5.94. The van der Waals surface area contributed by atoms with E-state index in [-0.39, 0.29) is 17.5 Å². The molecule has 1 N–H and O–H groups in total. The van der Waals surface area contributed by atoms with Crippen LogP contribution in [0.15, 0.2) is 54.1 Å². The second-order valence-corrected chi connectivity index (χ2v) is 5.62. The number of hydrogen-bond acceptors (Lipinski definition) is 2. The number of nitrogens with zero attached hydrogens (tertiary/aromatic N) is 1. The van der Waals surface area contributed by atoms with Crippen LogP contribution in [-0.2, 0) is 4.79 Å². The van der Waals surface area contributed by atoms with E-state index in [1.54, 1.807) is 6.08 Å². The minimum absolute atomic E-state index is 0.107. The van der Waals surface area contributed by atoms with Gasteiger partial charge in [0, 0.05) is 0 Å². The lowest BCUT2D eigenvalue weighted by Crippen LogP contribution is -2.27. The van der Waals surface area contributed by atoms with Crippen molar-refractivity contribution in [3.8, 4) is 6.07 Å². The summed E-state index contributed by atoms with van der Waals surface area (Å²) in [5.41, 5.74) is 4.28. The molecule has 2 aromatic rings. The van der Waals surface area contributed by atoms with Crippen LogP contribution in [0.5, 0.6) is 0 Å². The number of carbonyl (C=O) groups excluding carboxylic acids is 1. The molecular weight excluding hydrogens is 284 g/mol. The van der Waals surface area contributed by atoms with Gasteiger partial charge in [-0.15, -0.1) is 0 Å². The fourth-order valence-corrected chi connectivity index (χ4v) is 2.27. The van der Waals surface area contributed by atoms with E-state index < -0.39 is 0 Å². The minimum atomic E-state index is -0.359. The third-order valence-electron chi connectivity index (χ3n) is 3.85. The fourth-order valence-electron chi connectivity index (χ4n) is 2.27. The molecule has 1 unspecified atom stereocenters. The van der Waals surface area contributed by atoms with Crippen molar-refractivity contribution in [3.63, 3.8) is 0 Å². The predicted molar refractivity (Wildman–Crippen MR) is 92.5 cm³/mol. The van der Waals surface area contributed by atoms with Gasteiger partial charge in [-0.05, 0) is 49.1 Å². The Labute approximate surface area is 137 Å². The molecule has 0 heterocycles. The number of hydrogen-bond donors (Lipinski definition) is 1. The zero-order chi connectivity index (χ0) is 16.8. The van der Waals surface area contributed by atoms with Gasteiger partial charge in [0.25, 0.3) is 5.91 Å². The summed E-state index contributed by atoms with van der Waals surface area (Å²) in [5.74, 6) is -0.359. The monoisotopic (exact) mass is 304 g/mol. The number of amides is 1. The first-order valence-electron chi connectivity index (χ1n) is 7.56. The van der Waals surface area contributed by atoms with Crippen molar-refractivity contribution in [3.05, 3.63) is 76.4 Å². The number of carbonyl (C=O) groups is 1. The first-order valence-corrected chi connectivity index (χ1v) is 7.56. The molecule has 0 bridgehead atoms. The topological polar surface area (TPSA) is 52.9 Å². The normalized spacial score (nSPS) is 12.3. The van der Waals surface area contributed by atoms with Crippen LogP contribution in [0.2, 0.25) is 0 Å². The quantitative estimate of drug-likeness (QED) is 0.683. The predicted octanol–water partition coefficient (Wildman–Crippen LogP) is 4.09. The molecule has 0 aromatic heterocycles. The SMILES string of the molecule is Cc1ccc(/C=C(\C#N)C(=O)NC(C)c2ccccc2)cc1C. The molecule has 0 aliphatic heterocycles. The number of benzene rings is 2. The van der Waals surface area contributed by atoms with Crippen molar-refractivity contribution >= 4 is 12.0 Å². The molecule has 0 saturated heterocycles. The van der Waals surface area contributed by atoms with Crippen LogP contribution in [0.3, 0.4) is 0 Å². The van der Waals surface area contributed by atoms with Crippen molar-refractivity contribution in [2.45, 2.75) is 26.8 Å². The Morgan fingerprint density at radius 2 is 1.83 bits per heavy atom. The average molecular weight is 304 g/mol. The Bertz CT molecular complexity index is 770. The van der Waals surface area contributed by atoms with Gasteiger partial charge in [0.1, 0.15) is 11.6 Å². The average Bonchev–Trinajstić information content (AvgIpc) is 2.56. The molecule has 0 radical (unpaired) electrons. The zero-order valence-corrected chi connectivity index (χ0v) is 13.6. The van der Waals surface area contributed by atoms with Gasteiger partial charge in [0.05, 0.1) is 6.04 Å². The van der Waals surface area contributed by atoms with Crippen LogP contribution in [0.1, 0.15) is 35.2 Å². The summed E-state index contributed by atoms with van der Waals surface area (Å²) in [6, 6.07) is 17.4. The van der Waals surface area contributed by atoms with Gasteiger partial charge < -0.3 is 5.32 Å². The first-order chi connectivity index (χ1) is 11.0. The van der Waals surface area contributed by atoms with E-state index in [1.165, 1.54) is 5.56 Å². The fraction of sp³-hybridized carbons (Fsp3) is 0.200. The lowest BCUT2D eigenvalue weighted by molar-refractivity contribution is -0.117. The Kier molecular flexibility index (Phi) is 5.32. The molecule has 0 spiro atoms. The largest absolute Gasteiger partial charge is 0.345 e. The molecule has 2 rings (SSSR count). The van der Waals surface area contributed by atoms with E-state index in [2.05, 4.69) is 5.32 Å². The van der Waals surface area contributed by atoms with Gasteiger partial charge in [0.2, 0.25) is 0 Å². The van der Waals surface area contributed by atoms with E-state index in [4.69, 9.17) is 0 Å². The summed E-state index contributed by atoms with van der Waals surface area (Å²) in [7, 11) is 0. The maximum Gasteiger partial charge on any atom is 0.262 e. The molecule has 0 saturated carbocycles. The molecule has 116 valence electrons. The summed E-state index contributed by atoms with van der Waals surface area (Å²) in [6.07, 6.45) is 1.62. The van der Waals surface area contributed by atoms with Crippen molar-refractivity contribution in [1.29, 1.82) is 5.26 Å². The summed E-state index contributed by atoms with van der Waals surface area (Å²) < 4.78 is 0. The highest BCUT2D eigenvalue weighted by molar-refractivity contribution is 6.01. The van der Waals surface area contributed by atoms with Crippen molar-refractivity contribution < 1.29 is 4.79 Å². The standard InChI is InChI=1S/C20H20N2O/c1-14-9-10-17(11-15(14)2)12-19(13-21)20(23)22-16(3)18-7-5-4-6-8-18/h4-12,16H,1-3H3,(H,22,23)/b19-12+. The van der Waals surface area contributed by atoms with Crippen LogP contribution < -0.4 is 5.32 Å². The van der Waals surface area contributed by atoms with E-state index in [0.717, 1.165) is 16.7 Å². The maximum absolute atomic E-state index is 12.3. The molecule has 0 aliphatic carbocycles. The molecule has 0 fully saturated rings. The van der Waals surface area contributed by atoms with Crippen LogP contribution in [0.4, 0.5) is 0 Å². The highest BCUT2D eigenvalue weighted by Gasteiger charge is 2.13. The Hall–Kier alpha value is -2.86. The number of rotatable bonds is 4. The maximum atomic E-state index is 12.3. The Morgan fingerprint density at radius 1 is 1.13 bits per heavy atom. The third kappa shape index (κ3) is 4.31.